The van der Waals surface area contributed by atoms with Crippen LogP contribution in [0.2, 0.25) is 0 Å². The van der Waals surface area contributed by atoms with E-state index in [0.717, 1.165) is 51.4 Å². The van der Waals surface area contributed by atoms with Crippen molar-refractivity contribution < 1.29 is 4.79 Å². The molecule has 0 aromatic carbocycles. The van der Waals surface area contributed by atoms with Crippen molar-refractivity contribution >= 4 is 18.7 Å². The van der Waals surface area contributed by atoms with Gasteiger partial charge in [0.25, 0.3) is 0 Å². The molecule has 2 aliphatic heterocycles. The average Bonchev–Trinajstić information content (AvgIpc) is 2.71. The molecule has 2 fully saturated rings. The molecule has 2 saturated heterocycles. The molecular formula is C14H24N2OS. The zero-order valence-corrected chi connectivity index (χ0v) is 11.9. The number of nitrogens with zero attached hydrogens (tertiary/aromatic N) is 2. The second-order valence-electron chi connectivity index (χ2n) is 5.52. The van der Waals surface area contributed by atoms with Gasteiger partial charge in [-0.25, -0.2) is 0 Å². The van der Waals surface area contributed by atoms with Crippen molar-refractivity contribution in [2.24, 2.45) is 11.8 Å². The second kappa shape index (κ2) is 6.62. The minimum absolute atomic E-state index is 0.210. The number of carbonyl (C=O) groups is 1. The van der Waals surface area contributed by atoms with Crippen molar-refractivity contribution in [3.05, 3.63) is 12.7 Å². The third kappa shape index (κ3) is 3.51. The Balaban J connectivity index is 1.71. The molecule has 0 aliphatic carbocycles. The molecule has 2 rings (SSSR count). The molecule has 2 aliphatic rings. The first-order valence-corrected chi connectivity index (χ1v) is 7.44. The van der Waals surface area contributed by atoms with Crippen LogP contribution in [-0.4, -0.2) is 41.3 Å². The number of carbonyl (C=O) groups excluding carboxylic acids is 1. The fourth-order valence-electron chi connectivity index (χ4n) is 2.99. The van der Waals surface area contributed by atoms with Gasteiger partial charge in [0.1, 0.15) is 0 Å². The molecule has 0 saturated carbocycles. The molecule has 0 aromatic rings. The van der Waals surface area contributed by atoms with Crippen LogP contribution in [0.3, 0.4) is 0 Å². The molecular weight excluding hydrogens is 244 g/mol. The summed E-state index contributed by atoms with van der Waals surface area (Å²) in [5, 5.41) is 0. The summed E-state index contributed by atoms with van der Waals surface area (Å²) in [5.74, 6) is 1.34. The number of likely N-dealkylation sites (tertiary alicyclic amines) is 1. The van der Waals surface area contributed by atoms with Gasteiger partial charge >= 0.3 is 0 Å². The molecule has 0 aromatic heterocycles. The smallest absolute Gasteiger partial charge is 0.226 e. The first kappa shape index (κ1) is 13.9. The Bertz CT molecular complexity index is 300. The van der Waals surface area contributed by atoms with Gasteiger partial charge in [0.15, 0.2) is 0 Å². The minimum Gasteiger partial charge on any atom is -0.342 e. The predicted molar refractivity (Wildman–Crippen MR) is 77.4 cm³/mol. The van der Waals surface area contributed by atoms with Crippen LogP contribution in [0.4, 0.5) is 0 Å². The highest BCUT2D eigenvalue weighted by Crippen LogP contribution is 2.25. The van der Waals surface area contributed by atoms with E-state index in [4.69, 9.17) is 0 Å². The Labute approximate surface area is 116 Å². The molecule has 3 nitrogen and oxygen atoms in total. The molecule has 4 heteroatoms. The van der Waals surface area contributed by atoms with Crippen molar-refractivity contribution in [2.75, 3.05) is 26.2 Å². The lowest BCUT2D eigenvalue weighted by molar-refractivity contribution is -0.131. The lowest BCUT2D eigenvalue weighted by Crippen LogP contribution is -2.32. The first-order chi connectivity index (χ1) is 8.70. The summed E-state index contributed by atoms with van der Waals surface area (Å²) in [4.78, 5) is 14.1. The van der Waals surface area contributed by atoms with E-state index >= 15 is 0 Å². The fraction of sp³-hybridized carbons (Fsp3) is 0.786. The van der Waals surface area contributed by atoms with Gasteiger partial charge in [-0.05, 0) is 38.0 Å². The van der Waals surface area contributed by atoms with Crippen LogP contribution in [0, 0.1) is 11.8 Å². The summed E-state index contributed by atoms with van der Waals surface area (Å²) < 4.78 is 2.09. The fourth-order valence-corrected chi connectivity index (χ4v) is 3.22. The number of hydrogen-bond acceptors (Lipinski definition) is 3. The molecule has 102 valence electrons. The van der Waals surface area contributed by atoms with Crippen LogP contribution >= 0.6 is 12.8 Å². The van der Waals surface area contributed by atoms with Gasteiger partial charge in [0.05, 0.1) is 0 Å². The highest BCUT2D eigenvalue weighted by molar-refractivity contribution is 7.77. The van der Waals surface area contributed by atoms with Crippen molar-refractivity contribution in [1.82, 2.24) is 9.21 Å². The van der Waals surface area contributed by atoms with Crippen LogP contribution in [0.1, 0.15) is 32.1 Å². The molecule has 0 bridgehead atoms. The normalized spacial score (nSPS) is 26.8. The van der Waals surface area contributed by atoms with Gasteiger partial charge in [0, 0.05) is 32.1 Å². The van der Waals surface area contributed by atoms with E-state index in [1.165, 1.54) is 12.8 Å². The molecule has 0 N–H and O–H groups in total. The number of hydrogen-bond donors (Lipinski definition) is 1. The van der Waals surface area contributed by atoms with Crippen molar-refractivity contribution in [1.29, 1.82) is 0 Å². The lowest BCUT2D eigenvalue weighted by atomic mass is 9.94. The standard InChI is InChI=1S/C14H24N2OS/c1-2-3-13-7-9-15(14(13)17)8-4-12-5-10-16(18)11-6-12/h2,12-13,18H,1,3-11H2. The summed E-state index contributed by atoms with van der Waals surface area (Å²) in [7, 11) is 0. The molecule has 2 heterocycles. The monoisotopic (exact) mass is 268 g/mol. The third-order valence-electron chi connectivity index (χ3n) is 4.26. The van der Waals surface area contributed by atoms with Gasteiger partial charge in [-0.15, -0.1) is 6.58 Å². The number of amides is 1. The van der Waals surface area contributed by atoms with E-state index in [2.05, 4.69) is 28.6 Å². The maximum absolute atomic E-state index is 12.1. The summed E-state index contributed by atoms with van der Waals surface area (Å²) >= 11 is 4.37. The minimum atomic E-state index is 0.210. The van der Waals surface area contributed by atoms with E-state index < -0.39 is 0 Å². The first-order valence-electron chi connectivity index (χ1n) is 7.04. The van der Waals surface area contributed by atoms with E-state index in [9.17, 15) is 4.79 Å². The average molecular weight is 268 g/mol. The number of piperidine rings is 1. The third-order valence-corrected chi connectivity index (χ3v) is 4.66. The van der Waals surface area contributed by atoms with Gasteiger partial charge in [-0.1, -0.05) is 18.9 Å². The van der Waals surface area contributed by atoms with Crippen molar-refractivity contribution in [3.8, 4) is 0 Å². The quantitative estimate of drug-likeness (QED) is 0.611. The van der Waals surface area contributed by atoms with Crippen LogP contribution in [0.5, 0.6) is 0 Å². The van der Waals surface area contributed by atoms with E-state index in [1.807, 2.05) is 6.08 Å². The zero-order valence-electron chi connectivity index (χ0n) is 11.1. The van der Waals surface area contributed by atoms with Gasteiger partial charge in [-0.3, -0.25) is 9.10 Å². The molecule has 1 amide bonds. The molecule has 1 atom stereocenters. The Morgan fingerprint density at radius 3 is 2.67 bits per heavy atom. The molecule has 0 radical (unpaired) electrons. The van der Waals surface area contributed by atoms with Crippen molar-refractivity contribution in [2.45, 2.75) is 32.1 Å². The Hall–Kier alpha value is -0.480. The highest BCUT2D eigenvalue weighted by Gasteiger charge is 2.30. The van der Waals surface area contributed by atoms with Gasteiger partial charge < -0.3 is 4.90 Å². The topological polar surface area (TPSA) is 23.6 Å². The molecule has 0 spiro atoms. The largest absolute Gasteiger partial charge is 0.342 e. The lowest BCUT2D eigenvalue weighted by Gasteiger charge is -2.29. The molecule has 1 unspecified atom stereocenters. The summed E-state index contributed by atoms with van der Waals surface area (Å²) in [6.45, 7) is 7.79. The van der Waals surface area contributed by atoms with Gasteiger partial charge in [-0.2, -0.15) is 0 Å². The second-order valence-corrected chi connectivity index (χ2v) is 6.09. The van der Waals surface area contributed by atoms with Gasteiger partial charge in [0.2, 0.25) is 5.91 Å². The van der Waals surface area contributed by atoms with Crippen LogP contribution in [0.25, 0.3) is 0 Å². The maximum atomic E-state index is 12.1. The summed E-state index contributed by atoms with van der Waals surface area (Å²) in [6, 6.07) is 0. The Morgan fingerprint density at radius 2 is 2.00 bits per heavy atom. The molecule has 18 heavy (non-hydrogen) atoms. The predicted octanol–water partition coefficient (Wildman–Crippen LogP) is 2.36. The highest BCUT2D eigenvalue weighted by atomic mass is 32.1. The Morgan fingerprint density at radius 1 is 1.28 bits per heavy atom. The Kier molecular flexibility index (Phi) is 5.13. The van der Waals surface area contributed by atoms with Crippen LogP contribution in [-0.2, 0) is 4.79 Å². The number of rotatable bonds is 5. The number of allylic oxidation sites excluding steroid dienone is 1. The number of thiol groups is 1. The zero-order chi connectivity index (χ0) is 13.0. The maximum Gasteiger partial charge on any atom is 0.226 e. The van der Waals surface area contributed by atoms with Crippen LogP contribution < -0.4 is 0 Å². The summed E-state index contributed by atoms with van der Waals surface area (Å²) in [5.41, 5.74) is 0. The SMILES string of the molecule is C=CCC1CCN(CCC2CCN(S)CC2)C1=O. The van der Waals surface area contributed by atoms with Crippen LogP contribution in [0.15, 0.2) is 12.7 Å². The summed E-state index contributed by atoms with van der Waals surface area (Å²) in [6.07, 6.45) is 7.33. The van der Waals surface area contributed by atoms with E-state index in [0.29, 0.717) is 5.91 Å². The van der Waals surface area contributed by atoms with Crippen molar-refractivity contribution in [3.63, 3.8) is 0 Å². The van der Waals surface area contributed by atoms with E-state index in [-0.39, 0.29) is 5.92 Å². The van der Waals surface area contributed by atoms with E-state index in [1.54, 1.807) is 0 Å².